The maximum absolute atomic E-state index is 13.0. The summed E-state index contributed by atoms with van der Waals surface area (Å²) in [5.74, 6) is -2.12. The highest BCUT2D eigenvalue weighted by atomic mass is 32.2. The lowest BCUT2D eigenvalue weighted by Gasteiger charge is -2.18. The van der Waals surface area contributed by atoms with Gasteiger partial charge in [-0.05, 0) is 32.1 Å². The fourth-order valence-electron chi connectivity index (χ4n) is 1.39. The van der Waals surface area contributed by atoms with Crippen molar-refractivity contribution in [3.63, 3.8) is 0 Å². The summed E-state index contributed by atoms with van der Waals surface area (Å²) < 4.78 is 52.7. The molecular weight excluding hydrogens is 276 g/mol. The highest BCUT2D eigenvalue weighted by Crippen LogP contribution is 2.15. The molecule has 8 heteroatoms. The summed E-state index contributed by atoms with van der Waals surface area (Å²) in [6.45, 7) is 1.00. The van der Waals surface area contributed by atoms with Gasteiger partial charge in [-0.2, -0.15) is 12.7 Å². The second kappa shape index (κ2) is 6.78. The molecule has 0 fully saturated rings. The Morgan fingerprint density at radius 1 is 1.26 bits per heavy atom. The zero-order chi connectivity index (χ0) is 14.5. The molecule has 0 atom stereocenters. The van der Waals surface area contributed by atoms with Crippen molar-refractivity contribution in [3.05, 3.63) is 29.8 Å². The number of nitrogens with one attached hydrogen (secondary N) is 2. The fourth-order valence-corrected chi connectivity index (χ4v) is 2.34. The number of halogens is 2. The number of benzene rings is 1. The topological polar surface area (TPSA) is 61.4 Å². The van der Waals surface area contributed by atoms with Crippen LogP contribution in [0.15, 0.2) is 18.2 Å². The second-order valence-electron chi connectivity index (χ2n) is 4.01. The van der Waals surface area contributed by atoms with Gasteiger partial charge in [0.25, 0.3) is 0 Å². The van der Waals surface area contributed by atoms with Crippen LogP contribution < -0.4 is 10.0 Å². The van der Waals surface area contributed by atoms with Gasteiger partial charge < -0.3 is 5.32 Å². The first-order chi connectivity index (χ1) is 8.86. The summed E-state index contributed by atoms with van der Waals surface area (Å²) in [6.07, 6.45) is 0.645. The van der Waals surface area contributed by atoms with E-state index in [0.29, 0.717) is 19.5 Å². The van der Waals surface area contributed by atoms with Crippen molar-refractivity contribution in [2.75, 3.05) is 31.9 Å². The molecule has 0 amide bonds. The first-order valence-electron chi connectivity index (χ1n) is 5.70. The SMILES string of the molecule is CNCCCN(C)S(=O)(=O)Nc1ccc(F)c(F)c1. The van der Waals surface area contributed by atoms with E-state index >= 15 is 0 Å². The molecule has 0 aliphatic rings. The molecule has 0 aliphatic heterocycles. The van der Waals surface area contributed by atoms with Crippen LogP contribution in [-0.4, -0.2) is 39.9 Å². The van der Waals surface area contributed by atoms with Crippen molar-refractivity contribution in [2.24, 2.45) is 0 Å². The largest absolute Gasteiger partial charge is 0.320 e. The number of nitrogens with zero attached hydrogens (tertiary/aromatic N) is 1. The Bertz CT molecular complexity index is 523. The monoisotopic (exact) mass is 293 g/mol. The lowest BCUT2D eigenvalue weighted by atomic mass is 10.3. The minimum absolute atomic E-state index is 0.0145. The molecule has 19 heavy (non-hydrogen) atoms. The van der Waals surface area contributed by atoms with E-state index in [2.05, 4.69) is 10.0 Å². The first kappa shape index (κ1) is 15.8. The Labute approximate surface area is 111 Å². The van der Waals surface area contributed by atoms with Crippen LogP contribution in [0, 0.1) is 11.6 Å². The lowest BCUT2D eigenvalue weighted by molar-refractivity contribution is 0.462. The highest BCUT2D eigenvalue weighted by molar-refractivity contribution is 7.90. The van der Waals surface area contributed by atoms with Gasteiger partial charge in [-0.25, -0.2) is 8.78 Å². The molecule has 1 aromatic rings. The number of anilines is 1. The maximum atomic E-state index is 13.0. The zero-order valence-electron chi connectivity index (χ0n) is 10.8. The average Bonchev–Trinajstić information content (AvgIpc) is 2.33. The maximum Gasteiger partial charge on any atom is 0.301 e. The molecule has 2 N–H and O–H groups in total. The molecule has 0 saturated carbocycles. The van der Waals surface area contributed by atoms with Gasteiger partial charge >= 0.3 is 10.2 Å². The van der Waals surface area contributed by atoms with Crippen LogP contribution in [-0.2, 0) is 10.2 Å². The Morgan fingerprint density at radius 3 is 2.53 bits per heavy atom. The van der Waals surface area contributed by atoms with Gasteiger partial charge in [-0.3, -0.25) is 4.72 Å². The van der Waals surface area contributed by atoms with E-state index in [1.54, 1.807) is 7.05 Å². The molecule has 5 nitrogen and oxygen atoms in total. The van der Waals surface area contributed by atoms with Crippen LogP contribution >= 0.6 is 0 Å². The molecular formula is C11H17F2N3O2S. The van der Waals surface area contributed by atoms with Gasteiger partial charge in [0.1, 0.15) is 0 Å². The zero-order valence-corrected chi connectivity index (χ0v) is 11.6. The summed E-state index contributed by atoms with van der Waals surface area (Å²) >= 11 is 0. The van der Waals surface area contributed by atoms with Crippen LogP contribution in [0.1, 0.15) is 6.42 Å². The molecule has 0 spiro atoms. The Balaban J connectivity index is 2.70. The molecule has 108 valence electrons. The van der Waals surface area contributed by atoms with Crippen LogP contribution in [0.5, 0.6) is 0 Å². The van der Waals surface area contributed by atoms with Crippen LogP contribution in [0.3, 0.4) is 0 Å². The van der Waals surface area contributed by atoms with Crippen molar-refractivity contribution >= 4 is 15.9 Å². The van der Waals surface area contributed by atoms with Gasteiger partial charge in [-0.1, -0.05) is 0 Å². The number of hydrogen-bond acceptors (Lipinski definition) is 3. The van der Waals surface area contributed by atoms with E-state index in [0.717, 1.165) is 22.5 Å². The van der Waals surface area contributed by atoms with Gasteiger partial charge in [0, 0.05) is 19.7 Å². The molecule has 0 radical (unpaired) electrons. The molecule has 0 aromatic heterocycles. The van der Waals surface area contributed by atoms with E-state index in [-0.39, 0.29) is 5.69 Å². The van der Waals surface area contributed by atoms with Crippen molar-refractivity contribution in [1.29, 1.82) is 0 Å². The van der Waals surface area contributed by atoms with E-state index in [9.17, 15) is 17.2 Å². The van der Waals surface area contributed by atoms with Crippen molar-refractivity contribution < 1.29 is 17.2 Å². The van der Waals surface area contributed by atoms with Crippen LogP contribution in [0.2, 0.25) is 0 Å². The number of hydrogen-bond donors (Lipinski definition) is 2. The molecule has 0 aliphatic carbocycles. The highest BCUT2D eigenvalue weighted by Gasteiger charge is 2.17. The molecule has 0 heterocycles. The first-order valence-corrected chi connectivity index (χ1v) is 7.14. The third-order valence-corrected chi connectivity index (χ3v) is 3.97. The number of rotatable bonds is 7. The average molecular weight is 293 g/mol. The van der Waals surface area contributed by atoms with Crippen LogP contribution in [0.4, 0.5) is 14.5 Å². The molecule has 1 aromatic carbocycles. The molecule has 1 rings (SSSR count). The van der Waals surface area contributed by atoms with Gasteiger partial charge in [0.05, 0.1) is 5.69 Å². The third kappa shape index (κ3) is 4.73. The minimum atomic E-state index is -3.76. The quantitative estimate of drug-likeness (QED) is 0.742. The van der Waals surface area contributed by atoms with Crippen molar-refractivity contribution in [1.82, 2.24) is 9.62 Å². The summed E-state index contributed by atoms with van der Waals surface area (Å²) in [6, 6.07) is 2.83. The Kier molecular flexibility index (Phi) is 5.64. The van der Waals surface area contributed by atoms with E-state index in [1.807, 2.05) is 0 Å². The lowest BCUT2D eigenvalue weighted by Crippen LogP contribution is -2.34. The third-order valence-electron chi connectivity index (χ3n) is 2.48. The summed E-state index contributed by atoms with van der Waals surface area (Å²) in [4.78, 5) is 0. The van der Waals surface area contributed by atoms with E-state index in [1.165, 1.54) is 7.05 Å². The second-order valence-corrected chi connectivity index (χ2v) is 5.79. The van der Waals surface area contributed by atoms with E-state index < -0.39 is 21.8 Å². The predicted octanol–water partition coefficient (Wildman–Crippen LogP) is 1.16. The summed E-state index contributed by atoms with van der Waals surface area (Å²) in [5.41, 5.74) is -0.0145. The van der Waals surface area contributed by atoms with Crippen LogP contribution in [0.25, 0.3) is 0 Å². The van der Waals surface area contributed by atoms with Gasteiger partial charge in [-0.15, -0.1) is 0 Å². The van der Waals surface area contributed by atoms with Crippen molar-refractivity contribution in [2.45, 2.75) is 6.42 Å². The minimum Gasteiger partial charge on any atom is -0.320 e. The summed E-state index contributed by atoms with van der Waals surface area (Å²) in [5, 5.41) is 2.90. The molecule has 0 saturated heterocycles. The smallest absolute Gasteiger partial charge is 0.301 e. The van der Waals surface area contributed by atoms with Crippen molar-refractivity contribution in [3.8, 4) is 0 Å². The molecule has 0 bridgehead atoms. The normalized spacial score (nSPS) is 11.8. The van der Waals surface area contributed by atoms with Gasteiger partial charge in [0.2, 0.25) is 0 Å². The van der Waals surface area contributed by atoms with Gasteiger partial charge in [0.15, 0.2) is 11.6 Å². The molecule has 0 unspecified atom stereocenters. The fraction of sp³-hybridized carbons (Fsp3) is 0.455. The predicted molar refractivity (Wildman–Crippen MR) is 70.1 cm³/mol. The summed E-state index contributed by atoms with van der Waals surface area (Å²) in [7, 11) is -0.571. The Morgan fingerprint density at radius 2 is 1.95 bits per heavy atom. The standard InChI is InChI=1S/C11H17F2N3O2S/c1-14-6-3-7-16(2)19(17,18)15-9-4-5-10(12)11(13)8-9/h4-5,8,14-15H,3,6-7H2,1-2H3. The van der Waals surface area contributed by atoms with E-state index in [4.69, 9.17) is 0 Å². The Hall–Kier alpha value is -1.25.